The molecule has 1 fully saturated rings. The van der Waals surface area contributed by atoms with Gasteiger partial charge in [-0.25, -0.2) is 6.57 Å². The predicted molar refractivity (Wildman–Crippen MR) is 121 cm³/mol. The summed E-state index contributed by atoms with van der Waals surface area (Å²) in [7, 11) is 0. The van der Waals surface area contributed by atoms with Crippen molar-refractivity contribution in [3.63, 3.8) is 0 Å². The second-order valence-electron chi connectivity index (χ2n) is 9.39. The van der Waals surface area contributed by atoms with Gasteiger partial charge in [-0.15, -0.1) is 0 Å². The fraction of sp³-hybridized carbons (Fsp3) is 0.692. The van der Waals surface area contributed by atoms with Crippen LogP contribution in [-0.4, -0.2) is 28.5 Å². The zero-order valence-electron chi connectivity index (χ0n) is 19.2. The molecule has 2 rings (SSSR count). The van der Waals surface area contributed by atoms with Crippen molar-refractivity contribution in [1.29, 1.82) is 0 Å². The maximum Gasteiger partial charge on any atom is 0.229 e. The molecule has 165 valence electrons. The van der Waals surface area contributed by atoms with E-state index in [2.05, 4.69) is 56.8 Å². The summed E-state index contributed by atoms with van der Waals surface area (Å²) in [6, 6.07) is 8.38. The fourth-order valence-corrected chi connectivity index (χ4v) is 4.90. The van der Waals surface area contributed by atoms with Gasteiger partial charge in [-0.3, -0.25) is 0 Å². The monoisotopic (exact) mass is 487 g/mol. The van der Waals surface area contributed by atoms with Crippen molar-refractivity contribution in [2.45, 2.75) is 108 Å². The molecule has 0 amide bonds. The molecule has 1 saturated carbocycles. The van der Waals surface area contributed by atoms with E-state index in [0.717, 1.165) is 62.5 Å². The van der Waals surface area contributed by atoms with Crippen LogP contribution in [-0.2, 0) is 38.1 Å². The van der Waals surface area contributed by atoms with Gasteiger partial charge >= 0.3 is 0 Å². The standard InChI is InChI=1S/C26H40NO2.Y/c1-6-8-10-11-12-21-22(27-5)18-23(28)25(21)19-14-16-20(17-15-19)26(3,4)24(29)13-9-7-2;/h14-17,21-25,28-29H,1,6-13,18H2,2-4H3;/q-1;/t21?,22-,23-,24?,25?;/m1./s1. The molecule has 3 nitrogen and oxygen atoms in total. The molecule has 0 spiro atoms. The van der Waals surface area contributed by atoms with E-state index in [1.807, 2.05) is 0 Å². The van der Waals surface area contributed by atoms with Crippen molar-refractivity contribution in [3.05, 3.63) is 53.7 Å². The van der Waals surface area contributed by atoms with E-state index in [-0.39, 0.29) is 62.1 Å². The second-order valence-corrected chi connectivity index (χ2v) is 9.39. The molecular formula is C26H40NO2Y-. The molecule has 1 radical (unpaired) electrons. The number of unbranched alkanes of at least 4 members (excludes halogenated alkanes) is 4. The van der Waals surface area contributed by atoms with Crippen LogP contribution in [0.4, 0.5) is 0 Å². The third-order valence-corrected chi connectivity index (χ3v) is 7.01. The van der Waals surface area contributed by atoms with E-state index in [1.165, 1.54) is 0 Å². The first-order chi connectivity index (χ1) is 13.9. The number of aliphatic hydroxyl groups excluding tert-OH is 2. The van der Waals surface area contributed by atoms with Crippen LogP contribution < -0.4 is 0 Å². The van der Waals surface area contributed by atoms with Gasteiger partial charge in [-0.2, -0.15) is 6.42 Å². The number of nitrogens with zero attached hydrogens (tertiary/aromatic N) is 1. The Bertz CT molecular complexity index is 652. The Kier molecular flexibility index (Phi) is 12.3. The number of aliphatic hydroxyl groups is 2. The van der Waals surface area contributed by atoms with Gasteiger partial charge in [-0.1, -0.05) is 77.1 Å². The molecule has 0 bridgehead atoms. The Labute approximate surface area is 209 Å². The van der Waals surface area contributed by atoms with E-state index in [1.54, 1.807) is 0 Å². The summed E-state index contributed by atoms with van der Waals surface area (Å²) in [5, 5.41) is 21.4. The molecule has 1 aliphatic rings. The second kappa shape index (κ2) is 13.3. The molecule has 1 aromatic carbocycles. The van der Waals surface area contributed by atoms with Crippen LogP contribution in [0.5, 0.6) is 0 Å². The number of benzene rings is 1. The summed E-state index contributed by atoms with van der Waals surface area (Å²) in [5.41, 5.74) is 1.97. The first-order valence-corrected chi connectivity index (χ1v) is 11.5. The van der Waals surface area contributed by atoms with E-state index < -0.39 is 6.10 Å². The van der Waals surface area contributed by atoms with Crippen molar-refractivity contribution in [2.75, 3.05) is 0 Å². The quantitative estimate of drug-likeness (QED) is 0.295. The van der Waals surface area contributed by atoms with Crippen LogP contribution in [0.25, 0.3) is 4.85 Å². The maximum absolute atomic E-state index is 10.7. The van der Waals surface area contributed by atoms with Gasteiger partial charge in [0.25, 0.3) is 0 Å². The molecule has 4 heteroatoms. The topological polar surface area (TPSA) is 44.8 Å². The van der Waals surface area contributed by atoms with Crippen LogP contribution in [0.2, 0.25) is 0 Å². The van der Waals surface area contributed by atoms with E-state index in [0.29, 0.717) is 6.42 Å². The van der Waals surface area contributed by atoms with Crippen molar-refractivity contribution in [1.82, 2.24) is 0 Å². The molecule has 2 N–H and O–H groups in total. The van der Waals surface area contributed by atoms with Gasteiger partial charge < -0.3 is 22.0 Å². The third-order valence-electron chi connectivity index (χ3n) is 7.01. The van der Waals surface area contributed by atoms with Gasteiger partial charge in [0.15, 0.2) is 0 Å². The van der Waals surface area contributed by atoms with Crippen LogP contribution >= 0.6 is 0 Å². The van der Waals surface area contributed by atoms with E-state index in [9.17, 15) is 10.2 Å². The predicted octanol–water partition coefficient (Wildman–Crippen LogP) is 6.05. The van der Waals surface area contributed by atoms with E-state index >= 15 is 0 Å². The summed E-state index contributed by atoms with van der Waals surface area (Å²) < 4.78 is 0. The number of rotatable bonds is 11. The minimum Gasteiger partial charge on any atom is -0.392 e. The smallest absolute Gasteiger partial charge is 0.229 e. The Morgan fingerprint density at radius 2 is 1.83 bits per heavy atom. The summed E-state index contributed by atoms with van der Waals surface area (Å²) in [5.74, 6) is 0.261. The zero-order chi connectivity index (χ0) is 21.4. The molecule has 0 aliphatic heterocycles. The Hall–Kier alpha value is -0.266. The van der Waals surface area contributed by atoms with Gasteiger partial charge in [0.1, 0.15) is 0 Å². The van der Waals surface area contributed by atoms with Gasteiger partial charge in [0.2, 0.25) is 6.04 Å². The molecule has 0 saturated heterocycles. The number of hydrogen-bond acceptors (Lipinski definition) is 2. The largest absolute Gasteiger partial charge is 0.392 e. The molecule has 0 heterocycles. The van der Waals surface area contributed by atoms with Crippen molar-refractivity contribution in [2.24, 2.45) is 5.92 Å². The third kappa shape index (κ3) is 6.86. The molecule has 3 unspecified atom stereocenters. The first kappa shape index (κ1) is 27.8. The first-order valence-electron chi connectivity index (χ1n) is 11.5. The normalized spacial score (nSPS) is 24.8. The number of hydrogen-bond donors (Lipinski definition) is 2. The van der Waals surface area contributed by atoms with Crippen molar-refractivity contribution in [3.8, 4) is 0 Å². The van der Waals surface area contributed by atoms with E-state index in [4.69, 9.17) is 6.57 Å². The van der Waals surface area contributed by atoms with Crippen LogP contribution in [0.15, 0.2) is 24.3 Å². The zero-order valence-corrected chi connectivity index (χ0v) is 22.0. The Morgan fingerprint density at radius 1 is 1.17 bits per heavy atom. The summed E-state index contributed by atoms with van der Waals surface area (Å²) in [6.45, 7) is 17.8. The maximum atomic E-state index is 10.7. The summed E-state index contributed by atoms with van der Waals surface area (Å²) in [4.78, 5) is 3.85. The molecule has 5 atom stereocenters. The Balaban J connectivity index is 0.00000450. The Morgan fingerprint density at radius 3 is 2.40 bits per heavy atom. The summed E-state index contributed by atoms with van der Waals surface area (Å²) >= 11 is 0. The van der Waals surface area contributed by atoms with Gasteiger partial charge in [0, 0.05) is 56.4 Å². The van der Waals surface area contributed by atoms with Crippen LogP contribution in [0, 0.1) is 19.4 Å². The minimum absolute atomic E-state index is 0. The minimum atomic E-state index is -0.444. The summed E-state index contributed by atoms with van der Waals surface area (Å²) in [6.07, 6.45) is 8.05. The molecule has 30 heavy (non-hydrogen) atoms. The average molecular weight is 488 g/mol. The van der Waals surface area contributed by atoms with Crippen LogP contribution in [0.1, 0.15) is 95.6 Å². The van der Waals surface area contributed by atoms with Crippen molar-refractivity contribution >= 4 is 0 Å². The molecular weight excluding hydrogens is 447 g/mol. The fourth-order valence-electron chi connectivity index (χ4n) is 4.90. The van der Waals surface area contributed by atoms with Gasteiger partial charge in [-0.05, 0) is 24.0 Å². The van der Waals surface area contributed by atoms with Crippen LogP contribution in [0.3, 0.4) is 0 Å². The average Bonchev–Trinajstić information content (AvgIpc) is 3.04. The van der Waals surface area contributed by atoms with Gasteiger partial charge in [0.05, 0.1) is 12.2 Å². The van der Waals surface area contributed by atoms with Crippen molar-refractivity contribution < 1.29 is 42.9 Å². The molecule has 1 aromatic rings. The molecule has 1 aliphatic carbocycles. The molecule has 0 aromatic heterocycles. The SMILES string of the molecule is [C-]#[N+][C@@H]1C[C@@H](O)C(c2ccc(C(C)(C)C(O)CCCC)cc2)C1CCCCC[CH2-].[Y].